The topological polar surface area (TPSA) is 79.4 Å². The highest BCUT2D eigenvalue weighted by molar-refractivity contribution is 6.21. The first-order valence-corrected chi connectivity index (χ1v) is 9.83. The lowest BCUT2D eigenvalue weighted by Gasteiger charge is -2.18. The Morgan fingerprint density at radius 1 is 0.867 bits per heavy atom. The number of amides is 3. The van der Waals surface area contributed by atoms with Crippen LogP contribution in [-0.2, 0) is 4.79 Å². The number of pyridine rings is 1. The maximum Gasteiger partial charge on any atom is 0.261 e. The van der Waals surface area contributed by atoms with Gasteiger partial charge in [-0.1, -0.05) is 48.5 Å². The van der Waals surface area contributed by atoms with E-state index in [1.54, 1.807) is 30.5 Å². The van der Waals surface area contributed by atoms with Gasteiger partial charge in [-0.2, -0.15) is 0 Å². The van der Waals surface area contributed by atoms with Crippen LogP contribution in [0.2, 0.25) is 0 Å². The number of hydrogen-bond acceptors (Lipinski definition) is 4. The average molecular weight is 399 g/mol. The van der Waals surface area contributed by atoms with Gasteiger partial charge in [0.1, 0.15) is 0 Å². The highest BCUT2D eigenvalue weighted by Crippen LogP contribution is 2.23. The molecular weight excluding hydrogens is 378 g/mol. The molecule has 6 nitrogen and oxygen atoms in total. The van der Waals surface area contributed by atoms with Gasteiger partial charge in [0.05, 0.1) is 11.1 Å². The highest BCUT2D eigenvalue weighted by Gasteiger charge is 2.35. The van der Waals surface area contributed by atoms with Crippen molar-refractivity contribution in [2.75, 3.05) is 13.1 Å². The molecule has 2 heterocycles. The van der Waals surface area contributed by atoms with E-state index in [4.69, 9.17) is 0 Å². The molecule has 0 spiro atoms. The normalized spacial score (nSPS) is 13.8. The molecule has 1 aromatic heterocycles. The van der Waals surface area contributed by atoms with Crippen molar-refractivity contribution in [1.29, 1.82) is 0 Å². The van der Waals surface area contributed by atoms with Crippen LogP contribution in [0.15, 0.2) is 79.0 Å². The van der Waals surface area contributed by atoms with Crippen LogP contribution in [-0.4, -0.2) is 40.7 Å². The van der Waals surface area contributed by atoms with Gasteiger partial charge in [0.25, 0.3) is 11.8 Å². The Labute approximate surface area is 174 Å². The van der Waals surface area contributed by atoms with E-state index in [1.165, 1.54) is 0 Å². The fraction of sp³-hybridized carbons (Fsp3) is 0.167. The lowest BCUT2D eigenvalue weighted by molar-refractivity contribution is -0.121. The smallest absolute Gasteiger partial charge is 0.261 e. The quantitative estimate of drug-likeness (QED) is 0.620. The molecule has 0 saturated carbocycles. The van der Waals surface area contributed by atoms with E-state index < -0.39 is 0 Å². The summed E-state index contributed by atoms with van der Waals surface area (Å²) in [6, 6.07) is 22.3. The maximum atomic E-state index is 12.5. The van der Waals surface area contributed by atoms with Crippen molar-refractivity contribution in [3.05, 3.63) is 101 Å². The predicted octanol–water partition coefficient (Wildman–Crippen LogP) is 3.02. The zero-order valence-corrected chi connectivity index (χ0v) is 16.3. The second-order valence-corrected chi connectivity index (χ2v) is 7.08. The molecular formula is C24H21N3O3. The molecule has 0 aliphatic carbocycles. The van der Waals surface area contributed by atoms with Gasteiger partial charge in [0.15, 0.2) is 0 Å². The van der Waals surface area contributed by atoms with E-state index in [-0.39, 0.29) is 36.6 Å². The summed E-state index contributed by atoms with van der Waals surface area (Å²) < 4.78 is 0. The largest absolute Gasteiger partial charge is 0.355 e. The Kier molecular flexibility index (Phi) is 5.66. The number of imide groups is 1. The summed E-state index contributed by atoms with van der Waals surface area (Å²) >= 11 is 0. The number of rotatable bonds is 7. The number of benzene rings is 2. The van der Waals surface area contributed by atoms with Gasteiger partial charge in [-0.15, -0.1) is 0 Å². The van der Waals surface area contributed by atoms with Crippen molar-refractivity contribution in [2.24, 2.45) is 0 Å². The molecule has 3 aromatic rings. The Morgan fingerprint density at radius 2 is 1.50 bits per heavy atom. The molecule has 4 rings (SSSR count). The van der Waals surface area contributed by atoms with Gasteiger partial charge < -0.3 is 5.32 Å². The third kappa shape index (κ3) is 3.98. The number of nitrogens with one attached hydrogen (secondary N) is 1. The number of hydrogen-bond donors (Lipinski definition) is 1. The summed E-state index contributed by atoms with van der Waals surface area (Å²) in [6.07, 6.45) is 1.78. The molecule has 1 unspecified atom stereocenters. The van der Waals surface area contributed by atoms with E-state index in [9.17, 15) is 14.4 Å². The number of aromatic nitrogens is 1. The third-order valence-electron chi connectivity index (χ3n) is 5.19. The lowest BCUT2D eigenvalue weighted by atomic mass is 9.95. The molecule has 0 saturated heterocycles. The summed E-state index contributed by atoms with van der Waals surface area (Å²) in [6.45, 7) is 0.430. The van der Waals surface area contributed by atoms with Crippen LogP contribution in [0.1, 0.15) is 44.3 Å². The fourth-order valence-corrected chi connectivity index (χ4v) is 3.62. The van der Waals surface area contributed by atoms with Crippen LogP contribution in [0, 0.1) is 0 Å². The Morgan fingerprint density at radius 3 is 2.13 bits per heavy atom. The molecule has 1 atom stereocenters. The summed E-state index contributed by atoms with van der Waals surface area (Å²) in [7, 11) is 0. The van der Waals surface area contributed by atoms with Crippen molar-refractivity contribution < 1.29 is 14.4 Å². The zero-order valence-electron chi connectivity index (χ0n) is 16.3. The number of fused-ring (bicyclic) bond motifs is 1. The second-order valence-electron chi connectivity index (χ2n) is 7.08. The van der Waals surface area contributed by atoms with Gasteiger partial charge in [0, 0.05) is 37.3 Å². The van der Waals surface area contributed by atoms with Gasteiger partial charge >= 0.3 is 0 Å². The summed E-state index contributed by atoms with van der Waals surface area (Å²) in [5, 5.41) is 2.93. The van der Waals surface area contributed by atoms with Crippen LogP contribution in [0.5, 0.6) is 0 Å². The standard InChI is InChI=1S/C24H21N3O3/c28-22(13-15-27-23(29)18-10-4-5-11-19(18)24(27)30)26-16-20(17-8-2-1-3-9-17)21-12-6-7-14-25-21/h1-12,14,20H,13,15-16H2,(H,26,28). The summed E-state index contributed by atoms with van der Waals surface area (Å²) in [4.78, 5) is 42.9. The molecule has 30 heavy (non-hydrogen) atoms. The molecule has 3 amide bonds. The molecule has 6 heteroatoms. The Hall–Kier alpha value is -3.80. The average Bonchev–Trinajstić information content (AvgIpc) is 3.04. The van der Waals surface area contributed by atoms with Gasteiger partial charge in [-0.05, 0) is 29.8 Å². The van der Waals surface area contributed by atoms with Crippen molar-refractivity contribution in [1.82, 2.24) is 15.2 Å². The number of carbonyl (C=O) groups excluding carboxylic acids is 3. The molecule has 0 radical (unpaired) electrons. The number of carbonyl (C=O) groups is 3. The van der Waals surface area contributed by atoms with E-state index in [0.717, 1.165) is 16.2 Å². The van der Waals surface area contributed by atoms with E-state index in [0.29, 0.717) is 17.7 Å². The molecule has 2 aromatic carbocycles. The first kappa shape index (κ1) is 19.5. The predicted molar refractivity (Wildman–Crippen MR) is 112 cm³/mol. The molecule has 0 fully saturated rings. The zero-order chi connectivity index (χ0) is 20.9. The van der Waals surface area contributed by atoms with Crippen molar-refractivity contribution in [2.45, 2.75) is 12.3 Å². The van der Waals surface area contributed by atoms with Crippen LogP contribution in [0.3, 0.4) is 0 Å². The second kappa shape index (κ2) is 8.69. The summed E-state index contributed by atoms with van der Waals surface area (Å²) in [5.41, 5.74) is 2.70. The Bertz CT molecular complexity index is 993. The fourth-order valence-electron chi connectivity index (χ4n) is 3.62. The van der Waals surface area contributed by atoms with Crippen molar-refractivity contribution in [3.63, 3.8) is 0 Å². The summed E-state index contributed by atoms with van der Waals surface area (Å²) in [5.74, 6) is -1.00. The van der Waals surface area contributed by atoms with Crippen LogP contribution < -0.4 is 5.32 Å². The van der Waals surface area contributed by atoms with Gasteiger partial charge in [-0.25, -0.2) is 0 Å². The first-order valence-electron chi connectivity index (χ1n) is 9.83. The molecule has 0 bridgehead atoms. The highest BCUT2D eigenvalue weighted by atomic mass is 16.2. The van der Waals surface area contributed by atoms with E-state index in [2.05, 4.69) is 10.3 Å². The van der Waals surface area contributed by atoms with E-state index >= 15 is 0 Å². The Balaban J connectivity index is 1.38. The molecule has 1 aliphatic heterocycles. The molecule has 1 aliphatic rings. The van der Waals surface area contributed by atoms with Crippen LogP contribution >= 0.6 is 0 Å². The minimum Gasteiger partial charge on any atom is -0.355 e. The van der Waals surface area contributed by atoms with Gasteiger partial charge in [-0.3, -0.25) is 24.3 Å². The minimum atomic E-state index is -0.348. The van der Waals surface area contributed by atoms with Gasteiger partial charge in [0.2, 0.25) is 5.91 Å². The van der Waals surface area contributed by atoms with E-state index in [1.807, 2.05) is 48.5 Å². The van der Waals surface area contributed by atoms with Crippen LogP contribution in [0.4, 0.5) is 0 Å². The minimum absolute atomic E-state index is 0.0508. The van der Waals surface area contributed by atoms with Crippen LogP contribution in [0.25, 0.3) is 0 Å². The SMILES string of the molecule is O=C(CCN1C(=O)c2ccccc2C1=O)NCC(c1ccccc1)c1ccccn1. The van der Waals surface area contributed by atoms with Crippen molar-refractivity contribution >= 4 is 17.7 Å². The molecule has 150 valence electrons. The lowest BCUT2D eigenvalue weighted by Crippen LogP contribution is -2.35. The third-order valence-corrected chi connectivity index (χ3v) is 5.19. The first-order chi connectivity index (χ1) is 14.6. The maximum absolute atomic E-state index is 12.5. The van der Waals surface area contributed by atoms with Crippen molar-refractivity contribution in [3.8, 4) is 0 Å². The monoisotopic (exact) mass is 399 g/mol. The molecule has 1 N–H and O–H groups in total. The number of nitrogens with zero attached hydrogens (tertiary/aromatic N) is 2.